The van der Waals surface area contributed by atoms with Crippen molar-refractivity contribution in [2.45, 2.75) is 83.3 Å². The van der Waals surface area contributed by atoms with Gasteiger partial charge < -0.3 is 25.6 Å². The summed E-state index contributed by atoms with van der Waals surface area (Å²) in [5, 5.41) is 9.67. The number of aryl methyl sites for hydroxylation is 1. The summed E-state index contributed by atoms with van der Waals surface area (Å²) < 4.78 is 6.12. The summed E-state index contributed by atoms with van der Waals surface area (Å²) in [6, 6.07) is 8.10. The molecule has 32 heavy (non-hydrogen) atoms. The first-order valence-electron chi connectivity index (χ1n) is 12.0. The Morgan fingerprint density at radius 1 is 1.25 bits per heavy atom. The molecule has 4 rings (SSSR count). The van der Waals surface area contributed by atoms with Gasteiger partial charge in [-0.1, -0.05) is 38.1 Å². The first-order valence-corrected chi connectivity index (χ1v) is 12.0. The third kappa shape index (κ3) is 4.56. The first kappa shape index (κ1) is 23.2. The molecule has 0 aromatic heterocycles. The van der Waals surface area contributed by atoms with Crippen molar-refractivity contribution in [3.63, 3.8) is 0 Å². The molecule has 2 saturated heterocycles. The summed E-state index contributed by atoms with van der Waals surface area (Å²) in [4.78, 5) is 28.0. The molecule has 2 fully saturated rings. The van der Waals surface area contributed by atoms with Gasteiger partial charge in [0.05, 0.1) is 18.7 Å². The zero-order chi connectivity index (χ0) is 22.9. The minimum atomic E-state index is -0.546. The lowest BCUT2D eigenvalue weighted by atomic mass is 9.83. The minimum Gasteiger partial charge on any atom is -0.358 e. The Balaban J connectivity index is 1.50. The first-order chi connectivity index (χ1) is 15.3. The van der Waals surface area contributed by atoms with Gasteiger partial charge in [-0.2, -0.15) is 0 Å². The van der Waals surface area contributed by atoms with E-state index in [1.807, 2.05) is 4.90 Å². The highest BCUT2D eigenvalue weighted by atomic mass is 16.5. The van der Waals surface area contributed by atoms with Gasteiger partial charge in [0.15, 0.2) is 0 Å². The summed E-state index contributed by atoms with van der Waals surface area (Å²) in [6.07, 6.45) is 4.50. The number of nitrogens with zero attached hydrogens (tertiary/aromatic N) is 1. The topological polar surface area (TPSA) is 82.7 Å². The van der Waals surface area contributed by atoms with Crippen LogP contribution in [-0.4, -0.2) is 61.3 Å². The van der Waals surface area contributed by atoms with Gasteiger partial charge in [-0.15, -0.1) is 0 Å². The summed E-state index contributed by atoms with van der Waals surface area (Å²) in [7, 11) is 1.74. The minimum absolute atomic E-state index is 0.00770. The van der Waals surface area contributed by atoms with Crippen LogP contribution in [0.15, 0.2) is 24.3 Å². The lowest BCUT2D eigenvalue weighted by Gasteiger charge is -2.37. The zero-order valence-corrected chi connectivity index (χ0v) is 19.8. The molecule has 3 N–H and O–H groups in total. The fourth-order valence-electron chi connectivity index (χ4n) is 5.48. The maximum atomic E-state index is 13.6. The van der Waals surface area contributed by atoms with Crippen molar-refractivity contribution in [1.82, 2.24) is 20.9 Å². The Labute approximate surface area is 191 Å². The average Bonchev–Trinajstić information content (AvgIpc) is 2.95. The van der Waals surface area contributed by atoms with Crippen molar-refractivity contribution in [2.75, 3.05) is 20.2 Å². The number of hydrogen-bond acceptors (Lipinski definition) is 5. The molecule has 2 aliphatic heterocycles. The number of benzene rings is 1. The number of amides is 2. The van der Waals surface area contributed by atoms with Gasteiger partial charge in [0.1, 0.15) is 12.3 Å². The fraction of sp³-hybridized carbons (Fsp3) is 0.680. The van der Waals surface area contributed by atoms with Crippen molar-refractivity contribution < 1.29 is 14.3 Å². The second-order valence-electron chi connectivity index (χ2n) is 10.2. The zero-order valence-electron chi connectivity index (χ0n) is 19.8. The van der Waals surface area contributed by atoms with Gasteiger partial charge in [-0.05, 0) is 56.2 Å². The lowest BCUT2D eigenvalue weighted by molar-refractivity contribution is -0.144. The van der Waals surface area contributed by atoms with Crippen molar-refractivity contribution in [1.29, 1.82) is 0 Å². The van der Waals surface area contributed by atoms with Gasteiger partial charge in [0.25, 0.3) is 0 Å². The monoisotopic (exact) mass is 442 g/mol. The van der Waals surface area contributed by atoms with E-state index in [1.54, 1.807) is 14.0 Å². The van der Waals surface area contributed by atoms with Gasteiger partial charge in [0, 0.05) is 19.0 Å². The van der Waals surface area contributed by atoms with Crippen molar-refractivity contribution in [3.8, 4) is 0 Å². The number of fused-ring (bicyclic) bond motifs is 2. The summed E-state index contributed by atoms with van der Waals surface area (Å²) in [6.45, 7) is 7.42. The number of ether oxygens (including phenoxy) is 1. The number of carbonyl (C=O) groups is 2. The van der Waals surface area contributed by atoms with Crippen LogP contribution in [0, 0.1) is 5.41 Å². The molecule has 176 valence electrons. The summed E-state index contributed by atoms with van der Waals surface area (Å²) in [5.41, 5.74) is 2.73. The second kappa shape index (κ2) is 9.49. The Morgan fingerprint density at radius 3 is 2.81 bits per heavy atom. The van der Waals surface area contributed by atoms with Crippen molar-refractivity contribution in [2.24, 2.45) is 5.41 Å². The third-order valence-electron chi connectivity index (χ3n) is 7.59. The number of hydrogen-bond donors (Lipinski definition) is 3. The number of carbonyl (C=O) groups excluding carboxylic acids is 2. The molecule has 1 aromatic rings. The van der Waals surface area contributed by atoms with E-state index in [2.05, 4.69) is 54.1 Å². The maximum absolute atomic E-state index is 13.6. The van der Waals surface area contributed by atoms with Crippen LogP contribution in [0.25, 0.3) is 0 Å². The standard InChI is InChI=1S/C25H38N4O3/c1-16(26-4)23(30)28-20-12-13-32-22-14-25(2,3)21(29(22)24(20)31)15-27-19-11-7-9-17-8-5-6-10-18(17)19/h5-6,8,10,16,19-22,26-27H,7,9,11-15H2,1-4H3,(H,28,30)/t16?,19-,20+,21-,22+/m1/s1. The van der Waals surface area contributed by atoms with Crippen LogP contribution >= 0.6 is 0 Å². The van der Waals surface area contributed by atoms with Gasteiger partial charge >= 0.3 is 0 Å². The number of likely N-dealkylation sites (N-methyl/N-ethyl adjacent to an activating group) is 1. The molecule has 0 bridgehead atoms. The molecule has 2 heterocycles. The molecule has 0 spiro atoms. The van der Waals surface area contributed by atoms with Gasteiger partial charge in [-0.25, -0.2) is 0 Å². The molecule has 0 saturated carbocycles. The van der Waals surface area contributed by atoms with E-state index in [-0.39, 0.29) is 35.5 Å². The van der Waals surface area contributed by atoms with E-state index >= 15 is 0 Å². The van der Waals surface area contributed by atoms with E-state index in [0.717, 1.165) is 19.3 Å². The summed E-state index contributed by atoms with van der Waals surface area (Å²) >= 11 is 0. The molecule has 7 heteroatoms. The lowest BCUT2D eigenvalue weighted by Crippen LogP contribution is -2.56. The second-order valence-corrected chi connectivity index (χ2v) is 10.2. The molecule has 7 nitrogen and oxygen atoms in total. The molecule has 2 amide bonds. The SMILES string of the molecule is CNC(C)C(=O)N[C@H]1CCO[C@H]2CC(C)(C)[C@@H](CN[C@@H]3CCCc4ccccc43)N2C1=O. The van der Waals surface area contributed by atoms with Crippen molar-refractivity contribution >= 4 is 11.8 Å². The Bertz CT molecular complexity index is 842. The van der Waals surface area contributed by atoms with Crippen LogP contribution in [0.5, 0.6) is 0 Å². The normalized spacial score (nSPS) is 30.2. The summed E-state index contributed by atoms with van der Waals surface area (Å²) in [5.74, 6) is -0.179. The number of nitrogens with one attached hydrogen (secondary N) is 3. The Hall–Kier alpha value is -1.96. The van der Waals surface area contributed by atoms with E-state index in [9.17, 15) is 9.59 Å². The van der Waals surface area contributed by atoms with Crippen LogP contribution in [0.2, 0.25) is 0 Å². The van der Waals surface area contributed by atoms with Gasteiger partial charge in [0.2, 0.25) is 11.8 Å². The van der Waals surface area contributed by atoms with E-state index in [1.165, 1.54) is 17.5 Å². The Kier molecular flexibility index (Phi) is 6.89. The molecule has 3 aliphatic rings. The maximum Gasteiger partial charge on any atom is 0.247 e. The predicted octanol–water partition coefficient (Wildman–Crippen LogP) is 2.12. The van der Waals surface area contributed by atoms with Crippen molar-refractivity contribution in [3.05, 3.63) is 35.4 Å². The van der Waals surface area contributed by atoms with Crippen LogP contribution in [0.3, 0.4) is 0 Å². The molecule has 1 aromatic carbocycles. The quantitative estimate of drug-likeness (QED) is 0.629. The molecule has 1 unspecified atom stereocenters. The van der Waals surface area contributed by atoms with E-state index in [4.69, 9.17) is 4.74 Å². The average molecular weight is 443 g/mol. The van der Waals surface area contributed by atoms with E-state index in [0.29, 0.717) is 25.6 Å². The van der Waals surface area contributed by atoms with Crippen LogP contribution in [-0.2, 0) is 20.7 Å². The van der Waals surface area contributed by atoms with E-state index < -0.39 is 6.04 Å². The third-order valence-corrected chi connectivity index (χ3v) is 7.59. The van der Waals surface area contributed by atoms with Crippen LogP contribution < -0.4 is 16.0 Å². The highest BCUT2D eigenvalue weighted by molar-refractivity contribution is 5.90. The smallest absolute Gasteiger partial charge is 0.247 e. The molecular weight excluding hydrogens is 404 g/mol. The molecule has 0 radical (unpaired) electrons. The highest BCUT2D eigenvalue weighted by Gasteiger charge is 2.51. The number of rotatable bonds is 6. The molecular formula is C25H38N4O3. The predicted molar refractivity (Wildman–Crippen MR) is 124 cm³/mol. The van der Waals surface area contributed by atoms with Crippen LogP contribution in [0.4, 0.5) is 0 Å². The largest absolute Gasteiger partial charge is 0.358 e. The fourth-order valence-corrected chi connectivity index (χ4v) is 5.48. The highest BCUT2D eigenvalue weighted by Crippen LogP contribution is 2.42. The van der Waals surface area contributed by atoms with Crippen LogP contribution in [0.1, 0.15) is 63.6 Å². The molecule has 5 atom stereocenters. The van der Waals surface area contributed by atoms with Gasteiger partial charge in [-0.3, -0.25) is 9.59 Å². The molecule has 1 aliphatic carbocycles. The Morgan fingerprint density at radius 2 is 2.03 bits per heavy atom.